The average molecular weight is 383 g/mol. The molecule has 4 aromatic rings. The van der Waals surface area contributed by atoms with Crippen LogP contribution in [0.25, 0.3) is 21.7 Å². The molecule has 2 aromatic heterocycles. The first-order valence-corrected chi connectivity index (χ1v) is 9.25. The van der Waals surface area contributed by atoms with Crippen LogP contribution < -0.4 is 5.32 Å². The molecule has 130 valence electrons. The first-order chi connectivity index (χ1) is 12.6. The maximum Gasteiger partial charge on any atom is 0.337 e. The molecule has 26 heavy (non-hydrogen) atoms. The van der Waals surface area contributed by atoms with Gasteiger partial charge >= 0.3 is 5.97 Å². The van der Waals surface area contributed by atoms with Crippen LogP contribution in [-0.2, 0) is 4.74 Å². The molecule has 0 saturated heterocycles. The fourth-order valence-corrected chi connectivity index (χ4v) is 4.07. The first kappa shape index (κ1) is 16.8. The fraction of sp³-hybridized carbons (Fsp3) is 0.100. The van der Waals surface area contributed by atoms with Crippen LogP contribution in [0, 0.1) is 6.92 Å². The van der Waals surface area contributed by atoms with Crippen molar-refractivity contribution in [2.24, 2.45) is 0 Å². The molecule has 0 fully saturated rings. The minimum atomic E-state index is -0.375. The number of fused-ring (bicyclic) bond motifs is 3. The number of aryl methyl sites for hydroxylation is 1. The van der Waals surface area contributed by atoms with E-state index in [1.165, 1.54) is 12.0 Å². The second-order valence-electron chi connectivity index (χ2n) is 5.90. The van der Waals surface area contributed by atoms with E-state index in [9.17, 15) is 4.79 Å². The number of nitrogens with one attached hydrogen (secondary N) is 1. The summed E-state index contributed by atoms with van der Waals surface area (Å²) in [7, 11) is 1.37. The van der Waals surface area contributed by atoms with E-state index >= 15 is 0 Å². The highest BCUT2D eigenvalue weighted by Crippen LogP contribution is 2.37. The molecule has 0 aliphatic rings. The quantitative estimate of drug-likeness (QED) is 0.445. The molecule has 0 amide bonds. The van der Waals surface area contributed by atoms with E-state index in [4.69, 9.17) is 21.3 Å². The Balaban J connectivity index is 1.94. The van der Waals surface area contributed by atoms with E-state index in [-0.39, 0.29) is 5.97 Å². The van der Waals surface area contributed by atoms with E-state index in [0.717, 1.165) is 33.2 Å². The van der Waals surface area contributed by atoms with Gasteiger partial charge in [0.1, 0.15) is 5.82 Å². The summed E-state index contributed by atoms with van der Waals surface area (Å²) in [6.45, 7) is 2.08. The topological polar surface area (TPSA) is 51.2 Å². The number of carbonyl (C=O) groups excluding carboxylic acids is 1. The Kier molecular flexibility index (Phi) is 4.26. The van der Waals surface area contributed by atoms with Gasteiger partial charge < -0.3 is 10.1 Å². The van der Waals surface area contributed by atoms with Gasteiger partial charge in [-0.15, -0.1) is 11.3 Å². The molecule has 4 rings (SSSR count). The third-order valence-electron chi connectivity index (χ3n) is 4.24. The Hall–Kier alpha value is -2.63. The minimum absolute atomic E-state index is 0.375. The Bertz CT molecular complexity index is 1150. The van der Waals surface area contributed by atoms with Crippen molar-refractivity contribution in [2.75, 3.05) is 12.4 Å². The number of aromatic nitrogens is 1. The summed E-state index contributed by atoms with van der Waals surface area (Å²) in [6, 6.07) is 13.0. The van der Waals surface area contributed by atoms with Crippen molar-refractivity contribution in [3.63, 3.8) is 0 Å². The van der Waals surface area contributed by atoms with Gasteiger partial charge in [0.05, 0.1) is 18.2 Å². The Labute approximate surface area is 159 Å². The summed E-state index contributed by atoms with van der Waals surface area (Å²) in [4.78, 5) is 17.8. The van der Waals surface area contributed by atoms with Gasteiger partial charge in [-0.2, -0.15) is 0 Å². The number of benzene rings is 2. The molecule has 1 N–H and O–H groups in total. The van der Waals surface area contributed by atoms with Crippen molar-refractivity contribution >= 4 is 62.1 Å². The normalized spacial score (nSPS) is 11.0. The lowest BCUT2D eigenvalue weighted by molar-refractivity contribution is 0.0601. The predicted molar refractivity (Wildman–Crippen MR) is 108 cm³/mol. The summed E-state index contributed by atoms with van der Waals surface area (Å²) < 4.78 is 4.82. The lowest BCUT2D eigenvalue weighted by Gasteiger charge is -2.11. The van der Waals surface area contributed by atoms with Crippen LogP contribution in [0.4, 0.5) is 11.5 Å². The van der Waals surface area contributed by atoms with Crippen molar-refractivity contribution < 1.29 is 9.53 Å². The molecular formula is C20H15ClN2O2S. The lowest BCUT2D eigenvalue weighted by Crippen LogP contribution is -2.01. The summed E-state index contributed by atoms with van der Waals surface area (Å²) in [5.74, 6) is 0.371. The number of esters is 1. The molecule has 0 atom stereocenters. The summed E-state index contributed by atoms with van der Waals surface area (Å²) in [5, 5.41) is 9.33. The number of halogens is 1. The number of hydrogen-bond donors (Lipinski definition) is 1. The highest BCUT2D eigenvalue weighted by Gasteiger charge is 2.15. The number of hydrogen-bond acceptors (Lipinski definition) is 5. The summed E-state index contributed by atoms with van der Waals surface area (Å²) in [5.41, 5.74) is 2.08. The lowest BCUT2D eigenvalue weighted by atomic mass is 10.1. The van der Waals surface area contributed by atoms with Crippen LogP contribution >= 0.6 is 22.9 Å². The molecule has 0 spiro atoms. The Morgan fingerprint density at radius 3 is 2.81 bits per heavy atom. The van der Waals surface area contributed by atoms with Gasteiger partial charge in [-0.25, -0.2) is 9.78 Å². The third kappa shape index (κ3) is 2.89. The van der Waals surface area contributed by atoms with Crippen LogP contribution in [0.15, 0.2) is 47.8 Å². The zero-order valence-electron chi connectivity index (χ0n) is 14.2. The van der Waals surface area contributed by atoms with Crippen LogP contribution in [0.1, 0.15) is 15.2 Å². The van der Waals surface area contributed by atoms with Gasteiger partial charge in [0.2, 0.25) is 0 Å². The first-order valence-electron chi connectivity index (χ1n) is 7.99. The van der Waals surface area contributed by atoms with E-state index in [2.05, 4.69) is 17.6 Å². The largest absolute Gasteiger partial charge is 0.465 e. The highest BCUT2D eigenvalue weighted by molar-refractivity contribution is 7.11. The average Bonchev–Trinajstić information content (AvgIpc) is 3.03. The van der Waals surface area contributed by atoms with E-state index < -0.39 is 0 Å². The summed E-state index contributed by atoms with van der Waals surface area (Å²) in [6.07, 6.45) is 0. The molecule has 2 aromatic carbocycles. The molecule has 0 aliphatic heterocycles. The number of anilines is 2. The molecule has 0 radical (unpaired) electrons. The Morgan fingerprint density at radius 1 is 1.19 bits per heavy atom. The monoisotopic (exact) mass is 382 g/mol. The van der Waals surface area contributed by atoms with Gasteiger partial charge in [0, 0.05) is 31.7 Å². The molecule has 4 nitrogen and oxygen atoms in total. The van der Waals surface area contributed by atoms with Gasteiger partial charge in [0.15, 0.2) is 0 Å². The minimum Gasteiger partial charge on any atom is -0.465 e. The van der Waals surface area contributed by atoms with Crippen molar-refractivity contribution in [3.05, 3.63) is 63.3 Å². The maximum absolute atomic E-state index is 11.9. The molecule has 0 bridgehead atoms. The smallest absolute Gasteiger partial charge is 0.337 e. The standard InChI is InChI=1S/C20H15ClN2O2S/c1-11-18-16(10-26-11)15-7-6-12(20(24)25-2)8-17(15)23-19(18)22-14-5-3-4-13(21)9-14/h3-10H,1-2H3,(H,22,23). The zero-order valence-corrected chi connectivity index (χ0v) is 15.7. The second kappa shape index (κ2) is 6.59. The number of rotatable bonds is 3. The molecule has 0 unspecified atom stereocenters. The molecular weight excluding hydrogens is 368 g/mol. The van der Waals surface area contributed by atoms with Crippen LogP contribution in [0.3, 0.4) is 0 Å². The SMILES string of the molecule is COC(=O)c1ccc2c(c1)nc(Nc1cccc(Cl)c1)c1c(C)scc12. The van der Waals surface area contributed by atoms with Crippen LogP contribution in [-0.4, -0.2) is 18.1 Å². The number of carbonyl (C=O) groups is 1. The highest BCUT2D eigenvalue weighted by atomic mass is 35.5. The van der Waals surface area contributed by atoms with Gasteiger partial charge in [-0.3, -0.25) is 0 Å². The second-order valence-corrected chi connectivity index (χ2v) is 7.42. The number of nitrogens with zero attached hydrogens (tertiary/aromatic N) is 1. The third-order valence-corrected chi connectivity index (χ3v) is 5.39. The Morgan fingerprint density at radius 2 is 2.04 bits per heavy atom. The van der Waals surface area contributed by atoms with Crippen molar-refractivity contribution in [3.8, 4) is 0 Å². The molecule has 0 saturated carbocycles. The number of thiophene rings is 1. The molecule has 2 heterocycles. The van der Waals surface area contributed by atoms with Crippen molar-refractivity contribution in [2.45, 2.75) is 6.92 Å². The van der Waals surface area contributed by atoms with Crippen molar-refractivity contribution in [1.82, 2.24) is 4.98 Å². The molecule has 0 aliphatic carbocycles. The summed E-state index contributed by atoms with van der Waals surface area (Å²) >= 11 is 7.77. The number of pyridine rings is 1. The van der Waals surface area contributed by atoms with E-state index in [1.54, 1.807) is 23.5 Å². The number of methoxy groups -OCH3 is 1. The molecule has 6 heteroatoms. The van der Waals surface area contributed by atoms with Crippen LogP contribution in [0.5, 0.6) is 0 Å². The van der Waals surface area contributed by atoms with Gasteiger partial charge in [-0.05, 0) is 42.6 Å². The van der Waals surface area contributed by atoms with Crippen molar-refractivity contribution in [1.29, 1.82) is 0 Å². The zero-order chi connectivity index (χ0) is 18.3. The van der Waals surface area contributed by atoms with E-state index in [0.29, 0.717) is 10.6 Å². The van der Waals surface area contributed by atoms with Gasteiger partial charge in [-0.1, -0.05) is 23.7 Å². The fourth-order valence-electron chi connectivity index (χ4n) is 3.01. The maximum atomic E-state index is 11.9. The van der Waals surface area contributed by atoms with Crippen LogP contribution in [0.2, 0.25) is 5.02 Å². The van der Waals surface area contributed by atoms with E-state index in [1.807, 2.05) is 30.3 Å². The van der Waals surface area contributed by atoms with Gasteiger partial charge in [0.25, 0.3) is 0 Å². The predicted octanol–water partition coefficient (Wildman–Crippen LogP) is 5.94. The number of ether oxygens (including phenoxy) is 1.